The summed E-state index contributed by atoms with van der Waals surface area (Å²) in [6.45, 7) is 1.29. The fourth-order valence-corrected chi connectivity index (χ4v) is 3.01. The van der Waals surface area contributed by atoms with Gasteiger partial charge in [0.1, 0.15) is 20.2 Å². The molecule has 2 rings (SSSR count). The molecular formula is C12H10ClK2NO7S2. The van der Waals surface area contributed by atoms with Crippen molar-refractivity contribution in [2.24, 2.45) is 0 Å². The molecule has 25 heavy (non-hydrogen) atoms. The number of anilines is 1. The van der Waals surface area contributed by atoms with Gasteiger partial charge in [-0.2, -0.15) is 0 Å². The second-order valence-corrected chi connectivity index (χ2v) is 7.54. The van der Waals surface area contributed by atoms with E-state index in [-0.39, 0.29) is 124 Å². The van der Waals surface area contributed by atoms with Crippen LogP contribution in [0.25, 0.3) is 10.8 Å². The molecule has 0 aliphatic heterocycles. The van der Waals surface area contributed by atoms with Gasteiger partial charge in [-0.3, -0.25) is 4.79 Å². The number of halogens is 1. The molecule has 2 aromatic rings. The van der Waals surface area contributed by atoms with Crippen LogP contribution in [0.3, 0.4) is 0 Å². The van der Waals surface area contributed by atoms with Crippen molar-refractivity contribution in [3.8, 4) is 0 Å². The van der Waals surface area contributed by atoms with Crippen LogP contribution in [0, 0.1) is 0 Å². The zero-order valence-electron chi connectivity index (χ0n) is 13.5. The zero-order valence-corrected chi connectivity index (χ0v) is 22.2. The van der Waals surface area contributed by atoms with Crippen molar-refractivity contribution >= 4 is 53.5 Å². The fourth-order valence-electron chi connectivity index (χ4n) is 1.68. The molecule has 0 aromatic heterocycles. The number of rotatable bonds is 2. The Balaban J connectivity index is 0. The minimum absolute atomic E-state index is 0. The smallest absolute Gasteiger partial charge is 0.744 e. The summed E-state index contributed by atoms with van der Waals surface area (Å²) in [4.78, 5) is 7.65. The first kappa shape index (κ1) is 28.8. The first-order valence-electron chi connectivity index (χ1n) is 5.73. The average Bonchev–Trinajstić information content (AvgIpc) is 2.34. The van der Waals surface area contributed by atoms with E-state index in [1.54, 1.807) is 0 Å². The molecule has 13 heteroatoms. The van der Waals surface area contributed by atoms with Gasteiger partial charge < -0.3 is 14.8 Å². The van der Waals surface area contributed by atoms with Crippen molar-refractivity contribution in [2.75, 3.05) is 5.73 Å². The minimum atomic E-state index is -4.92. The molecule has 0 saturated heterocycles. The van der Waals surface area contributed by atoms with Crippen LogP contribution >= 0.6 is 11.6 Å². The topological polar surface area (TPSA) is 157 Å². The summed E-state index contributed by atoms with van der Waals surface area (Å²) in [6.07, 6.45) is 0. The molecule has 0 bridgehead atoms. The van der Waals surface area contributed by atoms with E-state index in [1.165, 1.54) is 25.1 Å². The number of fused-ring (bicyclic) bond motifs is 1. The van der Waals surface area contributed by atoms with Gasteiger partial charge in [0, 0.05) is 12.6 Å². The maximum absolute atomic E-state index is 11.1. The molecule has 0 fully saturated rings. The standard InChI is InChI=1S/C10H9NO6S2.C2H3ClO.2K/c11-7-1-2-9-6(3-7)4-8(18(12,13)14)5-10(9)19(15,16)17;1-2(3)4;;/h1-5H,11H2,(H,12,13,14)(H,15,16,17);1H3;;/q;;2*+1/p-2. The normalized spacial score (nSPS) is 10.7. The Morgan fingerprint density at radius 1 is 1.00 bits per heavy atom. The summed E-state index contributed by atoms with van der Waals surface area (Å²) in [7, 11) is -9.80. The number of hydrogen-bond acceptors (Lipinski definition) is 8. The summed E-state index contributed by atoms with van der Waals surface area (Å²) in [5.41, 5.74) is 5.73. The van der Waals surface area contributed by atoms with E-state index in [2.05, 4.69) is 11.6 Å². The molecule has 0 amide bonds. The molecule has 0 unspecified atom stereocenters. The van der Waals surface area contributed by atoms with E-state index in [0.29, 0.717) is 6.07 Å². The monoisotopic (exact) mass is 457 g/mol. The number of nitrogen functional groups attached to an aromatic ring is 1. The quantitative estimate of drug-likeness (QED) is 0.203. The third kappa shape index (κ3) is 9.54. The van der Waals surface area contributed by atoms with Gasteiger partial charge in [0.25, 0.3) is 0 Å². The van der Waals surface area contributed by atoms with E-state index in [9.17, 15) is 30.7 Å². The summed E-state index contributed by atoms with van der Waals surface area (Å²) in [6, 6.07) is 5.45. The van der Waals surface area contributed by atoms with Crippen LogP contribution in [0.4, 0.5) is 5.69 Å². The van der Waals surface area contributed by atoms with Crippen LogP contribution in [-0.4, -0.2) is 31.2 Å². The number of carbonyl (C=O) groups excluding carboxylic acids is 1. The van der Waals surface area contributed by atoms with E-state index in [4.69, 9.17) is 5.73 Å². The van der Waals surface area contributed by atoms with Gasteiger partial charge in [-0.25, -0.2) is 16.8 Å². The van der Waals surface area contributed by atoms with E-state index < -0.39 is 30.0 Å². The van der Waals surface area contributed by atoms with Crippen molar-refractivity contribution in [1.82, 2.24) is 0 Å². The SMILES string of the molecule is CC(=O)Cl.Nc1ccc2c(S(=O)(=O)[O-])cc(S(=O)(=O)[O-])cc2c1.[K+].[K+]. The van der Waals surface area contributed by atoms with Crippen LogP contribution in [0.5, 0.6) is 0 Å². The Bertz CT molecular complexity index is 974. The molecule has 0 aliphatic rings. The van der Waals surface area contributed by atoms with Gasteiger partial charge in [-0.05, 0) is 46.6 Å². The second kappa shape index (κ2) is 11.5. The maximum atomic E-state index is 11.1. The molecule has 0 heterocycles. The largest absolute Gasteiger partial charge is 1.00 e. The third-order valence-corrected chi connectivity index (χ3v) is 4.16. The minimum Gasteiger partial charge on any atom is -0.744 e. The maximum Gasteiger partial charge on any atom is 1.00 e. The first-order chi connectivity index (χ1) is 10.3. The molecule has 126 valence electrons. The first-order valence-corrected chi connectivity index (χ1v) is 8.93. The number of carbonyl (C=O) groups is 1. The molecule has 0 saturated carbocycles. The summed E-state index contributed by atoms with van der Waals surface area (Å²) < 4.78 is 66.3. The van der Waals surface area contributed by atoms with Gasteiger partial charge in [-0.1, -0.05) is 6.07 Å². The van der Waals surface area contributed by atoms with Gasteiger partial charge in [0.05, 0.1) is 9.79 Å². The summed E-state index contributed by atoms with van der Waals surface area (Å²) in [5.74, 6) is 0. The van der Waals surface area contributed by atoms with Gasteiger partial charge in [-0.15, -0.1) is 0 Å². The molecule has 8 nitrogen and oxygen atoms in total. The van der Waals surface area contributed by atoms with Crippen LogP contribution in [-0.2, 0) is 25.0 Å². The van der Waals surface area contributed by atoms with Crippen LogP contribution < -0.4 is 109 Å². The van der Waals surface area contributed by atoms with E-state index in [0.717, 1.165) is 6.07 Å². The predicted octanol–water partition coefficient (Wildman–Crippen LogP) is -4.99. The molecule has 0 radical (unpaired) electrons. The average molecular weight is 458 g/mol. The van der Waals surface area contributed by atoms with Crippen molar-refractivity contribution < 1.29 is 134 Å². The molecule has 0 aliphatic carbocycles. The molecule has 2 aromatic carbocycles. The number of hydrogen-bond donors (Lipinski definition) is 1. The number of nitrogens with two attached hydrogens (primary N) is 1. The molecule has 2 N–H and O–H groups in total. The van der Waals surface area contributed by atoms with Crippen molar-refractivity contribution in [3.63, 3.8) is 0 Å². The molecule has 0 atom stereocenters. The second-order valence-electron chi connectivity index (χ2n) is 4.28. The van der Waals surface area contributed by atoms with Crippen molar-refractivity contribution in [2.45, 2.75) is 16.7 Å². The Morgan fingerprint density at radius 3 is 1.88 bits per heavy atom. The van der Waals surface area contributed by atoms with Gasteiger partial charge >= 0.3 is 103 Å². The third-order valence-electron chi connectivity index (χ3n) is 2.47. The van der Waals surface area contributed by atoms with Crippen LogP contribution in [0.2, 0.25) is 0 Å². The van der Waals surface area contributed by atoms with Gasteiger partial charge in [0.2, 0.25) is 5.24 Å². The Morgan fingerprint density at radius 2 is 1.48 bits per heavy atom. The fraction of sp³-hybridized carbons (Fsp3) is 0.0833. The van der Waals surface area contributed by atoms with E-state index >= 15 is 0 Å². The van der Waals surface area contributed by atoms with Crippen LogP contribution in [0.1, 0.15) is 6.92 Å². The Hall–Kier alpha value is 1.55. The van der Waals surface area contributed by atoms with Crippen molar-refractivity contribution in [3.05, 3.63) is 30.3 Å². The van der Waals surface area contributed by atoms with E-state index in [1.807, 2.05) is 0 Å². The number of benzene rings is 2. The molecule has 0 spiro atoms. The summed E-state index contributed by atoms with van der Waals surface area (Å²) >= 11 is 4.64. The molecular weight excluding hydrogens is 448 g/mol. The predicted molar refractivity (Wildman–Crippen MR) is 80.8 cm³/mol. The Kier molecular flexibility index (Phi) is 13.3. The van der Waals surface area contributed by atoms with Crippen LogP contribution in [0.15, 0.2) is 40.1 Å². The van der Waals surface area contributed by atoms with Crippen molar-refractivity contribution in [1.29, 1.82) is 0 Å². The van der Waals surface area contributed by atoms with Gasteiger partial charge in [0.15, 0.2) is 0 Å². The zero-order chi connectivity index (χ0) is 18.0. The summed E-state index contributed by atoms with van der Waals surface area (Å²) in [5, 5.41) is -0.261. The Labute approximate surface area is 235 Å².